The largest absolute Gasteiger partial charge is 0.493 e. The topological polar surface area (TPSA) is 57.1 Å². The number of benzene rings is 2. The SMILES string of the molecule is C=CCOc1ccc(/C=C2\N=C(c3cccc(Br)c3)OC2=O)cc1OC. The van der Waals surface area contributed by atoms with Crippen molar-refractivity contribution in [3.8, 4) is 11.5 Å². The van der Waals surface area contributed by atoms with E-state index in [0.29, 0.717) is 18.1 Å². The van der Waals surface area contributed by atoms with Gasteiger partial charge in [0.15, 0.2) is 17.2 Å². The summed E-state index contributed by atoms with van der Waals surface area (Å²) >= 11 is 3.39. The first-order chi connectivity index (χ1) is 12.6. The molecule has 0 unspecified atom stereocenters. The van der Waals surface area contributed by atoms with Crippen molar-refractivity contribution < 1.29 is 19.0 Å². The third-order valence-corrected chi connectivity index (χ3v) is 4.03. The zero-order valence-electron chi connectivity index (χ0n) is 14.1. The van der Waals surface area contributed by atoms with Gasteiger partial charge in [-0.2, -0.15) is 0 Å². The highest BCUT2D eigenvalue weighted by atomic mass is 79.9. The van der Waals surface area contributed by atoms with Crippen molar-refractivity contribution in [1.29, 1.82) is 0 Å². The van der Waals surface area contributed by atoms with Gasteiger partial charge < -0.3 is 14.2 Å². The van der Waals surface area contributed by atoms with E-state index in [0.717, 1.165) is 15.6 Å². The molecule has 0 atom stereocenters. The van der Waals surface area contributed by atoms with Gasteiger partial charge >= 0.3 is 5.97 Å². The molecule has 0 N–H and O–H groups in total. The van der Waals surface area contributed by atoms with Crippen molar-refractivity contribution in [2.24, 2.45) is 4.99 Å². The summed E-state index contributed by atoms with van der Waals surface area (Å²) in [5, 5.41) is 0. The summed E-state index contributed by atoms with van der Waals surface area (Å²) in [6.45, 7) is 4.00. The number of methoxy groups -OCH3 is 1. The third-order valence-electron chi connectivity index (χ3n) is 3.54. The fourth-order valence-corrected chi connectivity index (χ4v) is 2.75. The Morgan fingerprint density at radius 1 is 1.23 bits per heavy atom. The molecule has 0 bridgehead atoms. The maximum atomic E-state index is 12.1. The van der Waals surface area contributed by atoms with Crippen LogP contribution in [0.15, 0.2) is 70.3 Å². The number of hydrogen-bond donors (Lipinski definition) is 0. The van der Waals surface area contributed by atoms with E-state index in [-0.39, 0.29) is 11.6 Å². The van der Waals surface area contributed by atoms with Crippen LogP contribution in [-0.2, 0) is 9.53 Å². The highest BCUT2D eigenvalue weighted by Crippen LogP contribution is 2.30. The molecule has 2 aromatic carbocycles. The Hall–Kier alpha value is -2.86. The molecule has 3 rings (SSSR count). The molecule has 0 spiro atoms. The number of hydrogen-bond acceptors (Lipinski definition) is 5. The molecule has 1 aliphatic rings. The highest BCUT2D eigenvalue weighted by Gasteiger charge is 2.24. The molecule has 2 aromatic rings. The molecule has 0 aliphatic carbocycles. The zero-order valence-corrected chi connectivity index (χ0v) is 15.7. The number of carbonyl (C=O) groups is 1. The van der Waals surface area contributed by atoms with Gasteiger partial charge in [0, 0.05) is 10.0 Å². The highest BCUT2D eigenvalue weighted by molar-refractivity contribution is 9.10. The van der Waals surface area contributed by atoms with E-state index in [9.17, 15) is 4.79 Å². The van der Waals surface area contributed by atoms with Crippen molar-refractivity contribution in [3.05, 3.63) is 76.4 Å². The summed E-state index contributed by atoms with van der Waals surface area (Å²) in [5.74, 6) is 0.942. The number of rotatable bonds is 6. The minimum absolute atomic E-state index is 0.224. The van der Waals surface area contributed by atoms with Gasteiger partial charge in [0.1, 0.15) is 6.61 Å². The standard InChI is InChI=1S/C20H16BrNO4/c1-3-9-25-17-8-7-13(11-18(17)24-2)10-16-20(23)26-19(22-16)14-5-4-6-15(21)12-14/h3-8,10-12H,1,9H2,2H3/b16-10-. The molecule has 5 nitrogen and oxygen atoms in total. The van der Waals surface area contributed by atoms with Gasteiger partial charge in [0.05, 0.1) is 7.11 Å². The summed E-state index contributed by atoms with van der Waals surface area (Å²) in [4.78, 5) is 16.4. The first-order valence-corrected chi connectivity index (χ1v) is 8.60. The molecule has 0 radical (unpaired) electrons. The van der Waals surface area contributed by atoms with Crippen molar-refractivity contribution in [1.82, 2.24) is 0 Å². The van der Waals surface area contributed by atoms with Crippen molar-refractivity contribution in [3.63, 3.8) is 0 Å². The molecule has 0 aromatic heterocycles. The number of esters is 1. The predicted molar refractivity (Wildman–Crippen MR) is 103 cm³/mol. The van der Waals surface area contributed by atoms with Crippen LogP contribution >= 0.6 is 15.9 Å². The quantitative estimate of drug-likeness (QED) is 0.400. The van der Waals surface area contributed by atoms with Gasteiger partial charge in [0.25, 0.3) is 0 Å². The maximum Gasteiger partial charge on any atom is 0.363 e. The molecule has 0 amide bonds. The van der Waals surface area contributed by atoms with E-state index in [1.807, 2.05) is 30.3 Å². The minimum atomic E-state index is -0.495. The monoisotopic (exact) mass is 413 g/mol. The molecule has 132 valence electrons. The summed E-state index contributed by atoms with van der Waals surface area (Å²) < 4.78 is 17.0. The second-order valence-electron chi connectivity index (χ2n) is 5.36. The molecule has 0 saturated carbocycles. The summed E-state index contributed by atoms with van der Waals surface area (Å²) in [7, 11) is 1.56. The lowest BCUT2D eigenvalue weighted by atomic mass is 10.1. The van der Waals surface area contributed by atoms with Crippen LogP contribution in [0.3, 0.4) is 0 Å². The zero-order chi connectivity index (χ0) is 18.5. The fraction of sp³-hybridized carbons (Fsp3) is 0.100. The first kappa shape index (κ1) is 17.9. The minimum Gasteiger partial charge on any atom is -0.493 e. The van der Waals surface area contributed by atoms with Crippen LogP contribution in [-0.4, -0.2) is 25.6 Å². The second kappa shape index (κ2) is 8.01. The Labute approximate surface area is 159 Å². The number of aliphatic imine (C=N–C) groups is 1. The smallest absolute Gasteiger partial charge is 0.363 e. The molecule has 0 saturated heterocycles. The van der Waals surface area contributed by atoms with Crippen LogP contribution in [0.25, 0.3) is 6.08 Å². The lowest BCUT2D eigenvalue weighted by molar-refractivity contribution is -0.129. The second-order valence-corrected chi connectivity index (χ2v) is 6.27. The van der Waals surface area contributed by atoms with Crippen LogP contribution in [0.1, 0.15) is 11.1 Å². The van der Waals surface area contributed by atoms with Crippen LogP contribution in [0.4, 0.5) is 0 Å². The molecule has 6 heteroatoms. The van der Waals surface area contributed by atoms with E-state index in [2.05, 4.69) is 27.5 Å². The third kappa shape index (κ3) is 4.03. The molecule has 26 heavy (non-hydrogen) atoms. The summed E-state index contributed by atoms with van der Waals surface area (Å²) in [5.41, 5.74) is 1.70. The number of ether oxygens (including phenoxy) is 3. The summed E-state index contributed by atoms with van der Waals surface area (Å²) in [6, 6.07) is 12.8. The molecular weight excluding hydrogens is 398 g/mol. The van der Waals surface area contributed by atoms with E-state index < -0.39 is 5.97 Å². The number of carbonyl (C=O) groups excluding carboxylic acids is 1. The molecule has 0 fully saturated rings. The number of halogens is 1. The average Bonchev–Trinajstić information content (AvgIpc) is 3.01. The van der Waals surface area contributed by atoms with E-state index in [1.54, 1.807) is 31.4 Å². The lowest BCUT2D eigenvalue weighted by Gasteiger charge is -2.09. The van der Waals surface area contributed by atoms with Crippen molar-refractivity contribution in [2.45, 2.75) is 0 Å². The Kier molecular flexibility index (Phi) is 5.53. The lowest BCUT2D eigenvalue weighted by Crippen LogP contribution is -2.05. The normalized spacial score (nSPS) is 14.8. The Morgan fingerprint density at radius 3 is 2.81 bits per heavy atom. The van der Waals surface area contributed by atoms with Gasteiger partial charge in [-0.25, -0.2) is 9.79 Å². The van der Waals surface area contributed by atoms with E-state index >= 15 is 0 Å². The maximum absolute atomic E-state index is 12.1. The molecule has 1 heterocycles. The number of nitrogens with zero attached hydrogens (tertiary/aromatic N) is 1. The van der Waals surface area contributed by atoms with Gasteiger partial charge in [-0.05, 0) is 42.0 Å². The average molecular weight is 414 g/mol. The summed E-state index contributed by atoms with van der Waals surface area (Å²) in [6.07, 6.45) is 3.30. The molecule has 1 aliphatic heterocycles. The Balaban J connectivity index is 1.89. The Morgan fingerprint density at radius 2 is 2.08 bits per heavy atom. The first-order valence-electron chi connectivity index (χ1n) is 7.81. The van der Waals surface area contributed by atoms with Crippen LogP contribution < -0.4 is 9.47 Å². The van der Waals surface area contributed by atoms with Gasteiger partial charge in [-0.15, -0.1) is 0 Å². The number of cyclic esters (lactones) is 1. The Bertz CT molecular complexity index is 918. The van der Waals surface area contributed by atoms with Gasteiger partial charge in [-0.3, -0.25) is 0 Å². The molecular formula is C20H16BrNO4. The van der Waals surface area contributed by atoms with Gasteiger partial charge in [0.2, 0.25) is 5.90 Å². The van der Waals surface area contributed by atoms with Crippen LogP contribution in [0.5, 0.6) is 11.5 Å². The van der Waals surface area contributed by atoms with Crippen molar-refractivity contribution in [2.75, 3.05) is 13.7 Å². The van der Waals surface area contributed by atoms with Crippen molar-refractivity contribution >= 4 is 33.9 Å². The fourth-order valence-electron chi connectivity index (χ4n) is 2.35. The predicted octanol–water partition coefficient (Wildman–Crippen LogP) is 4.37. The van der Waals surface area contributed by atoms with Crippen LogP contribution in [0.2, 0.25) is 0 Å². The van der Waals surface area contributed by atoms with E-state index in [1.165, 1.54) is 0 Å². The van der Waals surface area contributed by atoms with E-state index in [4.69, 9.17) is 14.2 Å². The van der Waals surface area contributed by atoms with Crippen LogP contribution in [0, 0.1) is 0 Å². The van der Waals surface area contributed by atoms with Gasteiger partial charge in [-0.1, -0.05) is 40.7 Å².